The van der Waals surface area contributed by atoms with E-state index in [1.54, 1.807) is 0 Å². The summed E-state index contributed by atoms with van der Waals surface area (Å²) in [5, 5.41) is 0. The molecule has 0 aromatic heterocycles. The first kappa shape index (κ1) is 13.5. The smallest absolute Gasteiger partial charge is 0.156 e. The predicted molar refractivity (Wildman–Crippen MR) is 76.5 cm³/mol. The predicted octanol–water partition coefficient (Wildman–Crippen LogP) is 3.38. The highest BCUT2D eigenvalue weighted by Crippen LogP contribution is 2.45. The van der Waals surface area contributed by atoms with Crippen molar-refractivity contribution in [1.29, 1.82) is 0 Å². The Kier molecular flexibility index (Phi) is 3.99. The number of rotatable bonds is 4. The average molecular weight is 261 g/mol. The molecule has 0 spiro atoms. The van der Waals surface area contributed by atoms with Crippen LogP contribution in [0.25, 0.3) is 0 Å². The molecular weight excluding hydrogens is 241 g/mol. The molecule has 0 saturated carbocycles. The van der Waals surface area contributed by atoms with E-state index in [-0.39, 0.29) is 13.9 Å². The van der Waals surface area contributed by atoms with Gasteiger partial charge in [0, 0.05) is 11.6 Å². The Morgan fingerprint density at radius 3 is 2.89 bits per heavy atom. The monoisotopic (exact) mass is 261 g/mol. The van der Waals surface area contributed by atoms with Crippen molar-refractivity contribution in [2.45, 2.75) is 31.6 Å². The van der Waals surface area contributed by atoms with Gasteiger partial charge in [0.1, 0.15) is 0 Å². The maximum Gasteiger partial charge on any atom is 0.156 e. The van der Waals surface area contributed by atoms with Crippen molar-refractivity contribution < 1.29 is 4.57 Å². The number of hydrogen-bond acceptors (Lipinski definition) is 2. The van der Waals surface area contributed by atoms with Crippen LogP contribution in [0.4, 0.5) is 0 Å². The second kappa shape index (κ2) is 5.34. The third-order valence-corrected chi connectivity index (χ3v) is 4.73. The second-order valence-electron chi connectivity index (χ2n) is 5.17. The van der Waals surface area contributed by atoms with Crippen molar-refractivity contribution in [3.63, 3.8) is 0 Å². The van der Waals surface area contributed by atoms with E-state index in [1.807, 2.05) is 0 Å². The van der Waals surface area contributed by atoms with Crippen LogP contribution in [0.2, 0.25) is 0 Å². The van der Waals surface area contributed by atoms with Gasteiger partial charge in [-0.1, -0.05) is 35.9 Å². The normalized spacial score (nSPS) is 23.1. The van der Waals surface area contributed by atoms with E-state index in [2.05, 4.69) is 31.7 Å². The molecule has 0 aliphatic heterocycles. The second-order valence-corrected chi connectivity index (χ2v) is 5.75. The van der Waals surface area contributed by atoms with Crippen molar-refractivity contribution in [2.24, 2.45) is 5.73 Å². The largest absolute Gasteiger partial charge is 0.330 e. The SMILES string of the molecule is C=C1CCc2ccc(C)cc2C1(CCN)CP=O. The van der Waals surface area contributed by atoms with Crippen molar-refractivity contribution in [2.75, 3.05) is 12.7 Å². The van der Waals surface area contributed by atoms with E-state index in [4.69, 9.17) is 5.73 Å². The first-order chi connectivity index (χ1) is 8.64. The van der Waals surface area contributed by atoms with E-state index in [1.165, 1.54) is 22.3 Å². The fourth-order valence-electron chi connectivity index (χ4n) is 3.01. The maximum atomic E-state index is 11.2. The van der Waals surface area contributed by atoms with Gasteiger partial charge in [0.2, 0.25) is 0 Å². The number of benzene rings is 1. The fourth-order valence-corrected chi connectivity index (χ4v) is 3.79. The molecule has 1 atom stereocenters. The standard InChI is InChI=1S/C15H20NOP/c1-11-3-5-13-6-4-12(2)15(7-8-16,10-18-17)14(13)9-11/h3,5,9H,2,4,6-8,10,16H2,1H3. The highest BCUT2D eigenvalue weighted by molar-refractivity contribution is 7.23. The molecule has 2 nitrogen and oxygen atoms in total. The molecule has 1 aliphatic carbocycles. The van der Waals surface area contributed by atoms with Crippen LogP contribution in [0.15, 0.2) is 30.4 Å². The Morgan fingerprint density at radius 2 is 2.22 bits per heavy atom. The van der Waals surface area contributed by atoms with Gasteiger partial charge in [-0.25, -0.2) is 0 Å². The number of fused-ring (bicyclic) bond motifs is 1. The molecule has 1 unspecified atom stereocenters. The van der Waals surface area contributed by atoms with E-state index >= 15 is 0 Å². The van der Waals surface area contributed by atoms with Crippen LogP contribution in [0, 0.1) is 6.92 Å². The number of aryl methyl sites for hydroxylation is 2. The van der Waals surface area contributed by atoms with Crippen LogP contribution in [0.1, 0.15) is 29.5 Å². The van der Waals surface area contributed by atoms with E-state index in [0.717, 1.165) is 19.3 Å². The third kappa shape index (κ3) is 2.15. The highest BCUT2D eigenvalue weighted by atomic mass is 31.1. The first-order valence-electron chi connectivity index (χ1n) is 6.41. The van der Waals surface area contributed by atoms with Crippen molar-refractivity contribution in [3.05, 3.63) is 47.0 Å². The molecule has 1 aromatic carbocycles. The summed E-state index contributed by atoms with van der Waals surface area (Å²) in [5.74, 6) is 0. The topological polar surface area (TPSA) is 43.1 Å². The lowest BCUT2D eigenvalue weighted by Gasteiger charge is -2.40. The first-order valence-corrected chi connectivity index (χ1v) is 7.41. The number of hydrogen-bond donors (Lipinski definition) is 1. The Labute approximate surface area is 110 Å². The van der Waals surface area contributed by atoms with Crippen molar-refractivity contribution in [1.82, 2.24) is 0 Å². The fraction of sp³-hybridized carbons (Fsp3) is 0.467. The summed E-state index contributed by atoms with van der Waals surface area (Å²) in [6, 6.07) is 6.57. The number of allylic oxidation sites excluding steroid dienone is 1. The Bertz CT molecular complexity index is 483. The Morgan fingerprint density at radius 1 is 1.44 bits per heavy atom. The summed E-state index contributed by atoms with van der Waals surface area (Å²) in [6.45, 7) is 6.93. The molecule has 0 radical (unpaired) electrons. The van der Waals surface area contributed by atoms with Crippen LogP contribution in [-0.2, 0) is 16.4 Å². The molecule has 1 aliphatic rings. The van der Waals surface area contributed by atoms with Gasteiger partial charge >= 0.3 is 0 Å². The van der Waals surface area contributed by atoms with Gasteiger partial charge in [-0.3, -0.25) is 4.57 Å². The van der Waals surface area contributed by atoms with Gasteiger partial charge in [-0.15, -0.1) is 0 Å². The summed E-state index contributed by atoms with van der Waals surface area (Å²) in [5.41, 5.74) is 10.7. The average Bonchev–Trinajstić information content (AvgIpc) is 2.35. The zero-order valence-corrected chi connectivity index (χ0v) is 11.8. The maximum absolute atomic E-state index is 11.2. The van der Waals surface area contributed by atoms with Crippen LogP contribution in [0.3, 0.4) is 0 Å². The molecule has 96 valence electrons. The van der Waals surface area contributed by atoms with Crippen molar-refractivity contribution >= 4 is 8.46 Å². The summed E-state index contributed by atoms with van der Waals surface area (Å²) >= 11 is 0. The van der Waals surface area contributed by atoms with Crippen LogP contribution < -0.4 is 5.73 Å². The van der Waals surface area contributed by atoms with E-state index in [0.29, 0.717) is 12.7 Å². The molecule has 3 heteroatoms. The quantitative estimate of drug-likeness (QED) is 0.667. The van der Waals surface area contributed by atoms with Crippen LogP contribution in [0.5, 0.6) is 0 Å². The lowest BCUT2D eigenvalue weighted by Crippen LogP contribution is -2.37. The third-order valence-electron chi connectivity index (χ3n) is 4.06. The summed E-state index contributed by atoms with van der Waals surface area (Å²) < 4.78 is 11.2. The van der Waals surface area contributed by atoms with Gasteiger partial charge in [0.25, 0.3) is 0 Å². The summed E-state index contributed by atoms with van der Waals surface area (Å²) in [4.78, 5) is 0. The van der Waals surface area contributed by atoms with Crippen LogP contribution >= 0.6 is 8.46 Å². The van der Waals surface area contributed by atoms with Crippen molar-refractivity contribution in [3.8, 4) is 0 Å². The molecule has 0 fully saturated rings. The van der Waals surface area contributed by atoms with E-state index in [9.17, 15) is 4.57 Å². The van der Waals surface area contributed by atoms with Gasteiger partial charge in [0.05, 0.1) is 0 Å². The van der Waals surface area contributed by atoms with Gasteiger partial charge < -0.3 is 5.73 Å². The molecular formula is C15H20NOP. The Hall–Kier alpha value is -0.980. The molecule has 2 rings (SSSR count). The van der Waals surface area contributed by atoms with Crippen LogP contribution in [-0.4, -0.2) is 12.7 Å². The summed E-state index contributed by atoms with van der Waals surface area (Å²) in [7, 11) is 0.176. The molecule has 18 heavy (non-hydrogen) atoms. The lowest BCUT2D eigenvalue weighted by atomic mass is 9.66. The lowest BCUT2D eigenvalue weighted by molar-refractivity contribution is 0.476. The van der Waals surface area contributed by atoms with Gasteiger partial charge in [0.15, 0.2) is 8.46 Å². The minimum Gasteiger partial charge on any atom is -0.330 e. The highest BCUT2D eigenvalue weighted by Gasteiger charge is 2.38. The summed E-state index contributed by atoms with van der Waals surface area (Å²) in [6.07, 6.45) is 3.44. The van der Waals surface area contributed by atoms with Gasteiger partial charge in [-0.2, -0.15) is 0 Å². The zero-order chi connectivity index (χ0) is 13.2. The Balaban J connectivity index is 2.59. The molecule has 0 amide bonds. The molecule has 0 heterocycles. The van der Waals surface area contributed by atoms with E-state index < -0.39 is 0 Å². The molecule has 1 aromatic rings. The minimum atomic E-state index is -0.183. The minimum absolute atomic E-state index is 0.176. The van der Waals surface area contributed by atoms with Gasteiger partial charge in [-0.05, 0) is 43.9 Å². The molecule has 0 saturated heterocycles. The molecule has 0 bridgehead atoms. The molecule has 2 N–H and O–H groups in total. The number of nitrogens with two attached hydrogens (primary N) is 1. The zero-order valence-electron chi connectivity index (χ0n) is 10.9.